The van der Waals surface area contributed by atoms with Crippen molar-refractivity contribution in [3.05, 3.63) is 118 Å². The Bertz CT molecular complexity index is 1760. The molecule has 6 rings (SSSR count). The molecule has 4 bridgehead atoms. The van der Waals surface area contributed by atoms with Crippen LogP contribution in [0.2, 0.25) is 0 Å². The van der Waals surface area contributed by atoms with E-state index in [1.54, 1.807) is 18.2 Å². The zero-order valence-corrected chi connectivity index (χ0v) is 37.9. The molecule has 3 aliphatic rings. The predicted octanol–water partition coefficient (Wildman–Crippen LogP) is 7.03. The van der Waals surface area contributed by atoms with Crippen LogP contribution < -0.4 is 9.47 Å². The standard InChI is InChI=1S/C50H66O14/c1-7-13-58-47-39-23-43(24-40(47)32-61-36(4)28-55-20-16-52-15-19-54-27-35(3)60-31-39)50(46-12-10-9-11-45(46)49(51)64-50)44-25-41-33-62-37(5)29-56-21-17-53-18-22-57-30-38(6)63-34-42(26-44)48(41)59-14-8-2/h7-12,23-26,35-38H,1-2,13-22,27-34H2,3-6H3/t35-,36-,37-,38-/m0/s1. The summed E-state index contributed by atoms with van der Waals surface area (Å²) in [6.45, 7) is 21.6. The predicted molar refractivity (Wildman–Crippen MR) is 238 cm³/mol. The van der Waals surface area contributed by atoms with E-state index in [0.29, 0.717) is 113 Å². The number of hydrogen-bond acceptors (Lipinski definition) is 14. The van der Waals surface area contributed by atoms with Crippen LogP contribution in [0.1, 0.15) is 77.0 Å². The maximum absolute atomic E-state index is 14.2. The fourth-order valence-electron chi connectivity index (χ4n) is 7.61. The summed E-state index contributed by atoms with van der Waals surface area (Å²) in [4.78, 5) is 14.2. The first-order valence-corrected chi connectivity index (χ1v) is 22.3. The highest BCUT2D eigenvalue weighted by Gasteiger charge is 2.49. The van der Waals surface area contributed by atoms with Crippen LogP contribution in [-0.2, 0) is 84.1 Å². The van der Waals surface area contributed by atoms with Gasteiger partial charge in [-0.2, -0.15) is 0 Å². The average Bonchev–Trinajstić information content (AvgIpc) is 3.60. The smallest absolute Gasteiger partial charge is 0.340 e. The Hall–Kier alpha value is -4.19. The quantitative estimate of drug-likeness (QED) is 0.169. The minimum absolute atomic E-state index is 0.150. The average molecular weight is 891 g/mol. The van der Waals surface area contributed by atoms with Gasteiger partial charge in [0.15, 0.2) is 5.60 Å². The van der Waals surface area contributed by atoms with Gasteiger partial charge in [0.25, 0.3) is 0 Å². The molecule has 0 saturated carbocycles. The number of fused-ring (bicyclic) bond motifs is 5. The van der Waals surface area contributed by atoms with Crippen molar-refractivity contribution in [1.29, 1.82) is 0 Å². The molecule has 0 saturated heterocycles. The molecule has 0 aliphatic carbocycles. The summed E-state index contributed by atoms with van der Waals surface area (Å²) in [6, 6.07) is 15.4. The number of hydrogen-bond donors (Lipinski definition) is 0. The molecule has 0 radical (unpaired) electrons. The molecule has 64 heavy (non-hydrogen) atoms. The van der Waals surface area contributed by atoms with Crippen LogP contribution in [0.3, 0.4) is 0 Å². The first-order chi connectivity index (χ1) is 31.2. The second kappa shape index (κ2) is 25.5. The molecule has 0 unspecified atom stereocenters. The van der Waals surface area contributed by atoms with Gasteiger partial charge in [0, 0.05) is 38.9 Å². The Balaban J connectivity index is 1.55. The van der Waals surface area contributed by atoms with Crippen molar-refractivity contribution >= 4 is 5.97 Å². The first kappa shape index (κ1) is 49.2. The zero-order valence-electron chi connectivity index (χ0n) is 37.9. The molecule has 0 spiro atoms. The number of benzene rings is 3. The van der Waals surface area contributed by atoms with Crippen molar-refractivity contribution in [2.24, 2.45) is 0 Å². The van der Waals surface area contributed by atoms with Gasteiger partial charge in [-0.1, -0.05) is 43.5 Å². The first-order valence-electron chi connectivity index (χ1n) is 22.3. The summed E-state index contributed by atoms with van der Waals surface area (Å²) in [5.74, 6) is 0.703. The van der Waals surface area contributed by atoms with Crippen LogP contribution in [0.4, 0.5) is 0 Å². The number of rotatable bonds is 8. The molecule has 0 N–H and O–H groups in total. The van der Waals surface area contributed by atoms with Crippen LogP contribution >= 0.6 is 0 Å². The van der Waals surface area contributed by atoms with Crippen LogP contribution in [0.15, 0.2) is 73.8 Å². The number of cyclic esters (lactones) is 1. The molecular weight excluding hydrogens is 825 g/mol. The summed E-state index contributed by atoms with van der Waals surface area (Å²) in [6.07, 6.45) is 2.28. The lowest BCUT2D eigenvalue weighted by molar-refractivity contribution is -0.0475. The number of carbonyl (C=O) groups excluding carboxylic acids is 1. The lowest BCUT2D eigenvalue weighted by atomic mass is 9.77. The van der Waals surface area contributed by atoms with Gasteiger partial charge in [0.1, 0.15) is 24.7 Å². The van der Waals surface area contributed by atoms with Crippen molar-refractivity contribution in [2.75, 3.05) is 92.5 Å². The zero-order chi connectivity index (χ0) is 45.2. The molecule has 3 aromatic rings. The van der Waals surface area contributed by atoms with Crippen molar-refractivity contribution in [3.63, 3.8) is 0 Å². The molecule has 3 aliphatic heterocycles. The van der Waals surface area contributed by atoms with Gasteiger partial charge < -0.3 is 61.6 Å². The van der Waals surface area contributed by atoms with Gasteiger partial charge >= 0.3 is 5.97 Å². The third kappa shape index (κ3) is 13.4. The molecular formula is C50H66O14. The summed E-state index contributed by atoms with van der Waals surface area (Å²) < 4.78 is 80.4. The highest BCUT2D eigenvalue weighted by atomic mass is 16.6. The summed E-state index contributed by atoms with van der Waals surface area (Å²) >= 11 is 0. The monoisotopic (exact) mass is 890 g/mol. The largest absolute Gasteiger partial charge is 0.489 e. The topological polar surface area (TPSA) is 137 Å². The second-order valence-electron chi connectivity index (χ2n) is 16.1. The number of ether oxygens (including phenoxy) is 13. The molecule has 14 nitrogen and oxygen atoms in total. The highest BCUT2D eigenvalue weighted by molar-refractivity contribution is 5.96. The van der Waals surface area contributed by atoms with E-state index in [1.165, 1.54) is 0 Å². The molecule has 350 valence electrons. The van der Waals surface area contributed by atoms with Gasteiger partial charge in [0.05, 0.1) is 136 Å². The minimum atomic E-state index is -1.48. The van der Waals surface area contributed by atoms with E-state index in [4.69, 9.17) is 61.6 Å². The van der Waals surface area contributed by atoms with Crippen molar-refractivity contribution < 1.29 is 66.4 Å². The third-order valence-electron chi connectivity index (χ3n) is 10.8. The Morgan fingerprint density at radius 2 is 0.891 bits per heavy atom. The Kier molecular flexibility index (Phi) is 19.6. The molecule has 14 heteroatoms. The maximum Gasteiger partial charge on any atom is 0.340 e. The van der Waals surface area contributed by atoms with Gasteiger partial charge in [0.2, 0.25) is 0 Å². The summed E-state index contributed by atoms with van der Waals surface area (Å²) in [7, 11) is 0. The molecule has 3 aromatic carbocycles. The Labute approximate surface area is 377 Å². The SMILES string of the molecule is C=CCOc1c2cc(C3(c4cc5c(OCC=C)c(c4)CO[C@@H](C)COCCOCCOC[C@H](C)OC5)OC(=O)c4ccccc43)cc1CO[C@@H](C)COCCOCCOC[C@H](C)OC2. The molecule has 3 heterocycles. The van der Waals surface area contributed by atoms with Crippen LogP contribution in [0, 0.1) is 0 Å². The van der Waals surface area contributed by atoms with Crippen molar-refractivity contribution in [1.82, 2.24) is 0 Å². The van der Waals surface area contributed by atoms with E-state index >= 15 is 0 Å². The molecule has 0 aromatic heterocycles. The maximum atomic E-state index is 14.2. The van der Waals surface area contributed by atoms with Gasteiger partial charge in [-0.25, -0.2) is 4.79 Å². The summed E-state index contributed by atoms with van der Waals surface area (Å²) in [5.41, 5.74) is 3.83. The third-order valence-corrected chi connectivity index (χ3v) is 10.8. The fourth-order valence-corrected chi connectivity index (χ4v) is 7.61. The second-order valence-corrected chi connectivity index (χ2v) is 16.1. The minimum Gasteiger partial charge on any atom is -0.489 e. The molecule has 0 amide bonds. The van der Waals surface area contributed by atoms with Crippen molar-refractivity contribution in [3.8, 4) is 11.5 Å². The lowest BCUT2D eigenvalue weighted by Gasteiger charge is -2.33. The van der Waals surface area contributed by atoms with E-state index in [0.717, 1.165) is 22.3 Å². The van der Waals surface area contributed by atoms with Crippen LogP contribution in [0.5, 0.6) is 11.5 Å². The van der Waals surface area contributed by atoms with Gasteiger partial charge in [-0.15, -0.1) is 0 Å². The van der Waals surface area contributed by atoms with E-state index in [2.05, 4.69) is 13.2 Å². The normalized spacial score (nSPS) is 23.8. The molecule has 0 fully saturated rings. The summed E-state index contributed by atoms with van der Waals surface area (Å²) in [5, 5.41) is 0. The lowest BCUT2D eigenvalue weighted by Crippen LogP contribution is -2.31. The van der Waals surface area contributed by atoms with E-state index in [1.807, 2.05) is 70.2 Å². The van der Waals surface area contributed by atoms with Crippen molar-refractivity contribution in [2.45, 2.75) is 84.1 Å². The fraction of sp³-hybridized carbons (Fsp3) is 0.540. The van der Waals surface area contributed by atoms with E-state index < -0.39 is 11.6 Å². The highest BCUT2D eigenvalue weighted by Crippen LogP contribution is 2.50. The van der Waals surface area contributed by atoms with E-state index in [9.17, 15) is 4.79 Å². The van der Waals surface area contributed by atoms with Gasteiger partial charge in [-0.3, -0.25) is 0 Å². The van der Waals surface area contributed by atoms with Gasteiger partial charge in [-0.05, 0) is 58.0 Å². The molecule has 4 atom stereocenters. The van der Waals surface area contributed by atoms with Crippen LogP contribution in [-0.4, -0.2) is 123 Å². The number of esters is 1. The number of carbonyl (C=O) groups is 1. The van der Waals surface area contributed by atoms with E-state index in [-0.39, 0.29) is 64.1 Å². The van der Waals surface area contributed by atoms with Crippen LogP contribution in [0.25, 0.3) is 0 Å². The Morgan fingerprint density at radius 1 is 0.547 bits per heavy atom. The Morgan fingerprint density at radius 3 is 1.25 bits per heavy atom.